The molecule has 0 aliphatic heterocycles. The number of hydrogen-bond donors (Lipinski definition) is 0. The molecule has 0 saturated carbocycles. The lowest BCUT2D eigenvalue weighted by Crippen LogP contribution is -2.26. The molecule has 0 unspecified atom stereocenters. The van der Waals surface area contributed by atoms with Crippen LogP contribution in [0.4, 0.5) is 0 Å². The molecule has 2 heterocycles. The molecule has 2 aromatic heterocycles. The van der Waals surface area contributed by atoms with Crippen LogP contribution in [-0.4, -0.2) is 29.9 Å². The third-order valence-electron chi connectivity index (χ3n) is 21.5. The summed E-state index contributed by atoms with van der Waals surface area (Å²) in [5.41, 5.74) is 30.8. The Balaban J connectivity index is 0.809. The summed E-state index contributed by atoms with van der Waals surface area (Å²) in [7, 11) is 0. The van der Waals surface area contributed by atoms with E-state index in [0.717, 1.165) is 156 Å². The van der Waals surface area contributed by atoms with Crippen molar-refractivity contribution < 1.29 is 0 Å². The van der Waals surface area contributed by atoms with Gasteiger partial charge in [-0.2, -0.15) is 0 Å². The summed E-state index contributed by atoms with van der Waals surface area (Å²) in [6, 6.07) is 143. The second-order valence-electron chi connectivity index (χ2n) is 28.1. The Bertz CT molecular complexity index is 5570. The van der Waals surface area contributed by atoms with Crippen molar-refractivity contribution in [3.63, 3.8) is 0 Å². The third kappa shape index (κ3) is 11.8. The first-order chi connectivity index (χ1) is 53.9. The Morgan fingerprint density at radius 2 is 0.294 bits per heavy atom. The topological polar surface area (TPSA) is 77.3 Å². The fourth-order valence-corrected chi connectivity index (χ4v) is 16.3. The van der Waals surface area contributed by atoms with Crippen molar-refractivity contribution in [3.05, 3.63) is 423 Å². The minimum absolute atomic E-state index is 0.552. The molecule has 508 valence electrons. The van der Waals surface area contributed by atoms with E-state index in [0.29, 0.717) is 34.9 Å². The average Bonchev–Trinajstić information content (AvgIpc) is 1.50. The van der Waals surface area contributed by atoms with Crippen LogP contribution in [0.15, 0.2) is 400 Å². The average molecular weight is 1390 g/mol. The van der Waals surface area contributed by atoms with Gasteiger partial charge in [-0.25, -0.2) is 29.9 Å². The van der Waals surface area contributed by atoms with Gasteiger partial charge in [-0.15, -0.1) is 0 Å². The highest BCUT2D eigenvalue weighted by Gasteiger charge is 2.52. The predicted molar refractivity (Wildman–Crippen MR) is 446 cm³/mol. The Hall–Kier alpha value is -14.5. The van der Waals surface area contributed by atoms with Gasteiger partial charge in [0.05, 0.1) is 5.41 Å². The zero-order valence-electron chi connectivity index (χ0n) is 59.3. The summed E-state index contributed by atoms with van der Waals surface area (Å²) in [6.45, 7) is 0. The van der Waals surface area contributed by atoms with Crippen molar-refractivity contribution in [1.82, 2.24) is 29.9 Å². The van der Waals surface area contributed by atoms with Crippen LogP contribution in [-0.2, 0) is 5.41 Å². The molecule has 2 aliphatic rings. The quantitative estimate of drug-likeness (QED) is 0.108. The monoisotopic (exact) mass is 1390 g/mol. The van der Waals surface area contributed by atoms with E-state index in [9.17, 15) is 0 Å². The smallest absolute Gasteiger partial charge is 0.164 e. The summed E-state index contributed by atoms with van der Waals surface area (Å²) < 4.78 is 0. The van der Waals surface area contributed by atoms with Crippen LogP contribution in [0.25, 0.3) is 180 Å². The van der Waals surface area contributed by atoms with Gasteiger partial charge < -0.3 is 0 Å². The van der Waals surface area contributed by atoms with Gasteiger partial charge in [0.15, 0.2) is 34.9 Å². The molecule has 109 heavy (non-hydrogen) atoms. The number of rotatable bonds is 14. The third-order valence-corrected chi connectivity index (χ3v) is 21.5. The highest BCUT2D eigenvalue weighted by Crippen LogP contribution is 2.63. The van der Waals surface area contributed by atoms with Crippen LogP contribution >= 0.6 is 0 Å². The summed E-state index contributed by atoms with van der Waals surface area (Å²) in [5.74, 6) is 3.34. The standard InChI is InChI=1S/C103H66N6/c1-9-29-67(30-10-1)77-53-78(68-31-11-2-12-32-68)58-85(57-77)99-104-97(105-100(108-99)86-59-79(69-33-13-3-14-34-69)54-80(60-86)70-35-15-4-16-36-70)75-49-51-91-89-45-25-27-47-93(89)103(95(91)65-75)94-48-28-26-46-90(94)92-52-50-76(66-96(92)103)98-106-101(87-61-81(71-37-17-5-18-38-71)55-82(62-87)72-39-19-6-20-40-72)109-102(107-98)88-63-83(73-41-21-7-22-42-73)56-84(64-88)74-43-23-8-24-44-74/h1-66H. The number of benzene rings is 16. The van der Waals surface area contributed by atoms with Gasteiger partial charge in [-0.3, -0.25) is 0 Å². The first-order valence-corrected chi connectivity index (χ1v) is 37.0. The number of fused-ring (bicyclic) bond motifs is 10. The van der Waals surface area contributed by atoms with Gasteiger partial charge in [-0.05, 0) is 218 Å². The first-order valence-electron chi connectivity index (χ1n) is 37.0. The van der Waals surface area contributed by atoms with E-state index >= 15 is 0 Å². The largest absolute Gasteiger partial charge is 0.208 e. The van der Waals surface area contributed by atoms with Gasteiger partial charge in [0, 0.05) is 33.4 Å². The summed E-state index contributed by atoms with van der Waals surface area (Å²) in [5, 5.41) is 0. The van der Waals surface area contributed by atoms with Crippen LogP contribution in [0.2, 0.25) is 0 Å². The van der Waals surface area contributed by atoms with E-state index in [1.165, 1.54) is 11.1 Å². The molecular formula is C103H66N6. The van der Waals surface area contributed by atoms with Crippen LogP contribution < -0.4 is 0 Å². The Labute approximate surface area is 633 Å². The van der Waals surface area contributed by atoms with Gasteiger partial charge in [0.25, 0.3) is 0 Å². The zero-order chi connectivity index (χ0) is 72.2. The van der Waals surface area contributed by atoms with E-state index in [-0.39, 0.29) is 0 Å². The molecule has 20 rings (SSSR count). The predicted octanol–water partition coefficient (Wildman–Crippen LogP) is 25.7. The fraction of sp³-hybridized carbons (Fsp3) is 0.00971. The number of aromatic nitrogens is 6. The van der Waals surface area contributed by atoms with Crippen LogP contribution in [0.5, 0.6) is 0 Å². The highest BCUT2D eigenvalue weighted by molar-refractivity contribution is 5.97. The molecule has 2 aliphatic carbocycles. The molecule has 1 spiro atoms. The van der Waals surface area contributed by atoms with Crippen molar-refractivity contribution in [3.8, 4) is 180 Å². The normalized spacial score (nSPS) is 12.1. The molecule has 16 aromatic carbocycles. The van der Waals surface area contributed by atoms with Gasteiger partial charge in [0.2, 0.25) is 0 Å². The molecular weight excluding hydrogens is 1320 g/mol. The molecule has 0 amide bonds. The molecule has 6 nitrogen and oxygen atoms in total. The molecule has 0 bridgehead atoms. The molecule has 0 saturated heterocycles. The Morgan fingerprint density at radius 1 is 0.119 bits per heavy atom. The Kier molecular flexibility index (Phi) is 16.0. The number of nitrogens with zero attached hydrogens (tertiary/aromatic N) is 6. The van der Waals surface area contributed by atoms with E-state index in [2.05, 4.69) is 400 Å². The van der Waals surface area contributed by atoms with E-state index in [4.69, 9.17) is 29.9 Å². The van der Waals surface area contributed by atoms with Crippen molar-refractivity contribution in [1.29, 1.82) is 0 Å². The fourth-order valence-electron chi connectivity index (χ4n) is 16.3. The van der Waals surface area contributed by atoms with Crippen LogP contribution in [0.3, 0.4) is 0 Å². The maximum Gasteiger partial charge on any atom is 0.164 e. The van der Waals surface area contributed by atoms with Crippen LogP contribution in [0.1, 0.15) is 22.3 Å². The van der Waals surface area contributed by atoms with Crippen LogP contribution in [0, 0.1) is 0 Å². The summed E-state index contributed by atoms with van der Waals surface area (Å²) in [4.78, 5) is 33.9. The molecule has 0 N–H and O–H groups in total. The molecule has 0 radical (unpaired) electrons. The molecule has 6 heteroatoms. The second kappa shape index (κ2) is 27.2. The lowest BCUT2D eigenvalue weighted by atomic mass is 9.70. The first kappa shape index (κ1) is 64.2. The lowest BCUT2D eigenvalue weighted by Gasteiger charge is -2.31. The Morgan fingerprint density at radius 3 is 0.514 bits per heavy atom. The minimum atomic E-state index is -0.826. The second-order valence-corrected chi connectivity index (χ2v) is 28.1. The lowest BCUT2D eigenvalue weighted by molar-refractivity contribution is 0.794. The summed E-state index contributed by atoms with van der Waals surface area (Å²) >= 11 is 0. The summed E-state index contributed by atoms with van der Waals surface area (Å²) in [6.07, 6.45) is 0. The molecule has 18 aromatic rings. The van der Waals surface area contributed by atoms with E-state index < -0.39 is 5.41 Å². The molecule has 0 fully saturated rings. The maximum atomic E-state index is 5.67. The van der Waals surface area contributed by atoms with Gasteiger partial charge in [0.1, 0.15) is 0 Å². The van der Waals surface area contributed by atoms with E-state index in [1.807, 2.05) is 0 Å². The van der Waals surface area contributed by atoms with Gasteiger partial charge >= 0.3 is 0 Å². The molecule has 0 atom stereocenters. The van der Waals surface area contributed by atoms with E-state index in [1.54, 1.807) is 0 Å². The van der Waals surface area contributed by atoms with Gasteiger partial charge in [-0.1, -0.05) is 315 Å². The van der Waals surface area contributed by atoms with Crippen molar-refractivity contribution in [2.24, 2.45) is 0 Å². The van der Waals surface area contributed by atoms with Crippen molar-refractivity contribution >= 4 is 0 Å². The van der Waals surface area contributed by atoms with Crippen molar-refractivity contribution in [2.45, 2.75) is 5.41 Å². The minimum Gasteiger partial charge on any atom is -0.208 e. The number of hydrogen-bond acceptors (Lipinski definition) is 6. The highest BCUT2D eigenvalue weighted by atomic mass is 15.0. The SMILES string of the molecule is c1ccc(-c2cc(-c3ccccc3)cc(-c3nc(-c4cc(-c5ccccc5)cc(-c5ccccc5)c4)nc(-c4ccc5c(c4)C4(c6ccccc6-5)c5ccccc5-c5ccc(-c6nc(-c7cc(-c8ccccc8)cc(-c8ccccc8)c7)nc(-c7cc(-c8ccccc8)cc(-c8ccccc8)c7)n6)cc54)n3)c2)cc1. The van der Waals surface area contributed by atoms with Crippen molar-refractivity contribution in [2.75, 3.05) is 0 Å². The maximum absolute atomic E-state index is 5.67. The zero-order valence-corrected chi connectivity index (χ0v) is 59.3.